The molecule has 0 spiro atoms. The zero-order valence-electron chi connectivity index (χ0n) is 11.8. The van der Waals surface area contributed by atoms with E-state index in [1.54, 1.807) is 4.31 Å². The number of hydrogen-bond acceptors (Lipinski definition) is 3. The van der Waals surface area contributed by atoms with Crippen molar-refractivity contribution >= 4 is 10.0 Å². The Labute approximate surface area is 117 Å². The van der Waals surface area contributed by atoms with Gasteiger partial charge in [-0.3, -0.25) is 0 Å². The van der Waals surface area contributed by atoms with E-state index < -0.39 is 10.0 Å². The van der Waals surface area contributed by atoms with Crippen molar-refractivity contribution in [1.29, 1.82) is 0 Å². The minimum Gasteiger partial charge on any atom is -0.300 e. The van der Waals surface area contributed by atoms with Crippen LogP contribution >= 0.6 is 0 Å². The summed E-state index contributed by atoms with van der Waals surface area (Å²) in [6.45, 7) is 3.94. The monoisotopic (exact) mass is 286 g/mol. The Morgan fingerprint density at radius 3 is 2.26 bits per heavy atom. The molecule has 0 radical (unpaired) electrons. The molecule has 19 heavy (non-hydrogen) atoms. The minimum absolute atomic E-state index is 0.404. The average Bonchev–Trinajstić information content (AvgIpc) is 3.07. The highest BCUT2D eigenvalue weighted by molar-refractivity contribution is 7.89. The maximum atomic E-state index is 12.3. The molecule has 110 valence electrons. The van der Waals surface area contributed by atoms with Gasteiger partial charge in [-0.15, -0.1) is 0 Å². The Morgan fingerprint density at radius 1 is 0.842 bits per heavy atom. The fourth-order valence-corrected chi connectivity index (χ4v) is 5.42. The number of sulfonamides is 1. The molecule has 2 saturated heterocycles. The van der Waals surface area contributed by atoms with Crippen molar-refractivity contribution < 1.29 is 8.42 Å². The molecule has 1 saturated carbocycles. The lowest BCUT2D eigenvalue weighted by Gasteiger charge is -2.26. The molecule has 2 heterocycles. The molecule has 0 aromatic heterocycles. The van der Waals surface area contributed by atoms with E-state index in [0.717, 1.165) is 38.8 Å². The van der Waals surface area contributed by atoms with Crippen molar-refractivity contribution in [2.24, 2.45) is 5.92 Å². The van der Waals surface area contributed by atoms with Crippen LogP contribution < -0.4 is 0 Å². The Hall–Kier alpha value is -0.130. The van der Waals surface area contributed by atoms with Gasteiger partial charge in [0, 0.05) is 19.1 Å². The lowest BCUT2D eigenvalue weighted by molar-refractivity contribution is 0.223. The number of likely N-dealkylation sites (tertiary alicyclic amines) is 1. The maximum Gasteiger partial charge on any atom is 0.214 e. The van der Waals surface area contributed by atoms with E-state index in [9.17, 15) is 8.42 Å². The van der Waals surface area contributed by atoms with Gasteiger partial charge in [-0.05, 0) is 64.0 Å². The molecule has 0 aromatic carbocycles. The van der Waals surface area contributed by atoms with Gasteiger partial charge in [-0.25, -0.2) is 12.7 Å². The smallest absolute Gasteiger partial charge is 0.214 e. The molecule has 1 unspecified atom stereocenters. The first-order chi connectivity index (χ1) is 9.15. The van der Waals surface area contributed by atoms with Crippen LogP contribution in [0.4, 0.5) is 0 Å². The van der Waals surface area contributed by atoms with Crippen LogP contribution in [0.3, 0.4) is 0 Å². The third kappa shape index (κ3) is 3.50. The van der Waals surface area contributed by atoms with Gasteiger partial charge in [0.25, 0.3) is 0 Å². The summed E-state index contributed by atoms with van der Waals surface area (Å²) < 4.78 is 26.4. The van der Waals surface area contributed by atoms with Crippen molar-refractivity contribution in [3.05, 3.63) is 0 Å². The summed E-state index contributed by atoms with van der Waals surface area (Å²) >= 11 is 0. The second-order valence-corrected chi connectivity index (χ2v) is 8.46. The molecule has 3 fully saturated rings. The Bertz CT molecular complexity index is 400. The number of hydrogen-bond donors (Lipinski definition) is 0. The van der Waals surface area contributed by atoms with Gasteiger partial charge in [0.1, 0.15) is 0 Å². The standard InChI is InChI=1S/C14H26N2O2S/c17-19(18,12-13-5-6-13)16-10-3-4-14(7-11-16)15-8-1-2-9-15/h13-14H,1-12H2. The Kier molecular flexibility index (Phi) is 4.15. The van der Waals surface area contributed by atoms with Crippen LogP contribution in [0.25, 0.3) is 0 Å². The summed E-state index contributed by atoms with van der Waals surface area (Å²) in [4.78, 5) is 2.58. The highest BCUT2D eigenvalue weighted by Crippen LogP contribution is 2.32. The van der Waals surface area contributed by atoms with Crippen LogP contribution in [0.15, 0.2) is 0 Å². The third-order valence-electron chi connectivity index (χ3n) is 4.85. The fourth-order valence-electron chi connectivity index (χ4n) is 3.49. The summed E-state index contributed by atoms with van der Waals surface area (Å²) in [5.41, 5.74) is 0. The molecule has 1 atom stereocenters. The van der Waals surface area contributed by atoms with Crippen LogP contribution in [0, 0.1) is 5.92 Å². The quantitative estimate of drug-likeness (QED) is 0.789. The van der Waals surface area contributed by atoms with E-state index >= 15 is 0 Å². The highest BCUT2D eigenvalue weighted by atomic mass is 32.2. The topological polar surface area (TPSA) is 40.6 Å². The lowest BCUT2D eigenvalue weighted by atomic mass is 10.1. The molecule has 1 aliphatic carbocycles. The van der Waals surface area contributed by atoms with Gasteiger partial charge in [0.05, 0.1) is 5.75 Å². The second-order valence-electron chi connectivity index (χ2n) is 6.45. The number of nitrogens with zero attached hydrogens (tertiary/aromatic N) is 2. The van der Waals surface area contributed by atoms with Crippen LogP contribution in [-0.4, -0.2) is 55.6 Å². The average molecular weight is 286 g/mol. The SMILES string of the molecule is O=S(=O)(CC1CC1)N1CCCC(N2CCCC2)CC1. The minimum atomic E-state index is -2.98. The van der Waals surface area contributed by atoms with E-state index in [0.29, 0.717) is 17.7 Å². The van der Waals surface area contributed by atoms with Gasteiger partial charge < -0.3 is 4.90 Å². The van der Waals surface area contributed by atoms with E-state index in [1.807, 2.05) is 0 Å². The van der Waals surface area contributed by atoms with E-state index in [2.05, 4.69) is 4.90 Å². The van der Waals surface area contributed by atoms with Gasteiger partial charge >= 0.3 is 0 Å². The Balaban J connectivity index is 1.57. The summed E-state index contributed by atoms with van der Waals surface area (Å²) in [6, 6.07) is 0.628. The Morgan fingerprint density at radius 2 is 1.58 bits per heavy atom. The summed E-state index contributed by atoms with van der Waals surface area (Å²) in [7, 11) is -2.98. The van der Waals surface area contributed by atoms with Gasteiger partial charge in [0.2, 0.25) is 10.0 Å². The molecule has 5 heteroatoms. The predicted molar refractivity (Wildman–Crippen MR) is 76.5 cm³/mol. The maximum absolute atomic E-state index is 12.3. The second kappa shape index (κ2) is 5.70. The summed E-state index contributed by atoms with van der Waals surface area (Å²) in [6.07, 6.45) is 8.11. The largest absolute Gasteiger partial charge is 0.300 e. The molecule has 0 bridgehead atoms. The summed E-state index contributed by atoms with van der Waals surface area (Å²) in [5.74, 6) is 0.865. The molecular weight excluding hydrogens is 260 g/mol. The van der Waals surface area contributed by atoms with E-state index in [4.69, 9.17) is 0 Å². The van der Waals surface area contributed by atoms with E-state index in [-0.39, 0.29) is 0 Å². The molecule has 3 aliphatic rings. The zero-order valence-corrected chi connectivity index (χ0v) is 12.6. The normalized spacial score (nSPS) is 31.5. The van der Waals surface area contributed by atoms with Crippen molar-refractivity contribution in [3.8, 4) is 0 Å². The first kappa shape index (κ1) is 13.8. The lowest BCUT2D eigenvalue weighted by Crippen LogP contribution is -2.36. The zero-order chi connectivity index (χ0) is 13.3. The molecule has 3 rings (SSSR count). The molecular formula is C14H26N2O2S. The predicted octanol–water partition coefficient (Wildman–Crippen LogP) is 1.68. The third-order valence-corrected chi connectivity index (χ3v) is 6.89. The molecule has 4 nitrogen and oxygen atoms in total. The first-order valence-electron chi connectivity index (χ1n) is 7.87. The van der Waals surface area contributed by atoms with Gasteiger partial charge in [0.15, 0.2) is 0 Å². The molecule has 0 amide bonds. The molecule has 0 aromatic rings. The number of rotatable bonds is 4. The summed E-state index contributed by atoms with van der Waals surface area (Å²) in [5, 5.41) is 0. The molecule has 2 aliphatic heterocycles. The van der Waals surface area contributed by atoms with Crippen LogP contribution in [0.2, 0.25) is 0 Å². The van der Waals surface area contributed by atoms with Crippen molar-refractivity contribution in [1.82, 2.24) is 9.21 Å². The van der Waals surface area contributed by atoms with Crippen LogP contribution in [0.1, 0.15) is 44.9 Å². The van der Waals surface area contributed by atoms with Crippen LogP contribution in [0.5, 0.6) is 0 Å². The van der Waals surface area contributed by atoms with Gasteiger partial charge in [-0.1, -0.05) is 0 Å². The van der Waals surface area contributed by atoms with Crippen molar-refractivity contribution in [2.75, 3.05) is 31.9 Å². The highest BCUT2D eigenvalue weighted by Gasteiger charge is 2.34. The van der Waals surface area contributed by atoms with Crippen molar-refractivity contribution in [2.45, 2.75) is 51.0 Å². The fraction of sp³-hybridized carbons (Fsp3) is 1.00. The van der Waals surface area contributed by atoms with Crippen LogP contribution in [-0.2, 0) is 10.0 Å². The van der Waals surface area contributed by atoms with E-state index in [1.165, 1.54) is 32.4 Å². The first-order valence-corrected chi connectivity index (χ1v) is 9.48. The van der Waals surface area contributed by atoms with Gasteiger partial charge in [-0.2, -0.15) is 0 Å². The van der Waals surface area contributed by atoms with Crippen molar-refractivity contribution in [3.63, 3.8) is 0 Å². The molecule has 0 N–H and O–H groups in total.